The van der Waals surface area contributed by atoms with E-state index < -0.39 is 10.7 Å². The summed E-state index contributed by atoms with van der Waals surface area (Å²) in [6, 6.07) is 3.09. The zero-order valence-corrected chi connectivity index (χ0v) is 11.6. The topological polar surface area (TPSA) is 72.2 Å². The Balaban J connectivity index is 1.92. The Kier molecular flexibility index (Phi) is 4.94. The molecular formula is C13H15FN2O3S. The highest BCUT2D eigenvalue weighted by atomic mass is 32.2. The molecule has 0 bridgehead atoms. The third-order valence-corrected chi connectivity index (χ3v) is 4.56. The minimum absolute atomic E-state index is 0.142. The quantitative estimate of drug-likeness (QED) is 0.668. The average molecular weight is 298 g/mol. The van der Waals surface area contributed by atoms with Gasteiger partial charge in [0.1, 0.15) is 5.82 Å². The smallest absolute Gasteiger partial charge is 0.271 e. The molecule has 5 nitrogen and oxygen atoms in total. The maximum Gasteiger partial charge on any atom is 0.271 e. The number of rotatable bonds is 5. The van der Waals surface area contributed by atoms with Crippen molar-refractivity contribution >= 4 is 29.0 Å². The highest BCUT2D eigenvalue weighted by molar-refractivity contribution is 8.00. The molecule has 1 saturated carbocycles. The van der Waals surface area contributed by atoms with Gasteiger partial charge in [0, 0.05) is 17.4 Å². The van der Waals surface area contributed by atoms with Gasteiger partial charge >= 0.3 is 0 Å². The van der Waals surface area contributed by atoms with Crippen molar-refractivity contribution < 1.29 is 14.1 Å². The summed E-state index contributed by atoms with van der Waals surface area (Å²) < 4.78 is 13.5. The second kappa shape index (κ2) is 6.69. The number of carbonyl (C=O) groups is 1. The number of halogens is 1. The largest absolute Gasteiger partial charge is 0.323 e. The number of nitro groups is 1. The van der Waals surface area contributed by atoms with Crippen molar-refractivity contribution in [2.24, 2.45) is 0 Å². The number of thioether (sulfide) groups is 1. The molecule has 2 rings (SSSR count). The van der Waals surface area contributed by atoms with Crippen LogP contribution in [0.15, 0.2) is 18.2 Å². The molecule has 0 spiro atoms. The van der Waals surface area contributed by atoms with Crippen LogP contribution in [0.1, 0.15) is 25.7 Å². The number of benzene rings is 1. The second-order valence-corrected chi connectivity index (χ2v) is 5.98. The average Bonchev–Trinajstić information content (AvgIpc) is 2.92. The number of nitrogens with one attached hydrogen (secondary N) is 1. The molecule has 0 saturated heterocycles. The highest BCUT2D eigenvalue weighted by Crippen LogP contribution is 2.29. The Morgan fingerprint density at radius 3 is 2.80 bits per heavy atom. The molecule has 1 aliphatic carbocycles. The number of amides is 1. The van der Waals surface area contributed by atoms with Gasteiger partial charge in [-0.1, -0.05) is 12.8 Å². The maximum atomic E-state index is 13.5. The fraction of sp³-hybridized carbons (Fsp3) is 0.462. The van der Waals surface area contributed by atoms with Crippen LogP contribution in [0.2, 0.25) is 0 Å². The van der Waals surface area contributed by atoms with E-state index >= 15 is 0 Å². The van der Waals surface area contributed by atoms with Crippen LogP contribution in [0.4, 0.5) is 15.8 Å². The Hall–Kier alpha value is -1.63. The molecular weight excluding hydrogens is 283 g/mol. The molecule has 1 N–H and O–H groups in total. The first-order valence-electron chi connectivity index (χ1n) is 6.41. The van der Waals surface area contributed by atoms with Crippen molar-refractivity contribution in [2.45, 2.75) is 30.9 Å². The Bertz CT molecular complexity index is 518. The van der Waals surface area contributed by atoms with E-state index in [0.29, 0.717) is 5.25 Å². The predicted octanol–water partition coefficient (Wildman–Crippen LogP) is 3.35. The number of anilines is 1. The molecule has 0 radical (unpaired) electrons. The highest BCUT2D eigenvalue weighted by Gasteiger charge is 2.18. The molecule has 1 fully saturated rings. The summed E-state index contributed by atoms with van der Waals surface area (Å²) in [4.78, 5) is 21.7. The normalized spacial score (nSPS) is 15.2. The third-order valence-electron chi connectivity index (χ3n) is 3.19. The fourth-order valence-electron chi connectivity index (χ4n) is 2.16. The van der Waals surface area contributed by atoms with Gasteiger partial charge in [0.25, 0.3) is 5.69 Å². The monoisotopic (exact) mass is 298 g/mol. The lowest BCUT2D eigenvalue weighted by molar-refractivity contribution is -0.384. The number of hydrogen-bond acceptors (Lipinski definition) is 4. The fourth-order valence-corrected chi connectivity index (χ4v) is 3.28. The SMILES string of the molecule is O=C(CSC1CCCC1)Nc1cc([N+](=O)[O-])ccc1F. The molecule has 20 heavy (non-hydrogen) atoms. The summed E-state index contributed by atoms with van der Waals surface area (Å²) in [5.74, 6) is -0.761. The first-order valence-corrected chi connectivity index (χ1v) is 7.46. The van der Waals surface area contributed by atoms with Gasteiger partial charge in [-0.3, -0.25) is 14.9 Å². The molecule has 0 aliphatic heterocycles. The van der Waals surface area contributed by atoms with Crippen LogP contribution < -0.4 is 5.32 Å². The van der Waals surface area contributed by atoms with Crippen molar-refractivity contribution in [3.8, 4) is 0 Å². The molecule has 1 aromatic rings. The lowest BCUT2D eigenvalue weighted by atomic mass is 10.2. The summed E-state index contributed by atoms with van der Waals surface area (Å²) in [6.07, 6.45) is 4.61. The Morgan fingerprint density at radius 1 is 1.45 bits per heavy atom. The summed E-state index contributed by atoms with van der Waals surface area (Å²) in [5.41, 5.74) is -0.388. The van der Waals surface area contributed by atoms with Gasteiger partial charge < -0.3 is 5.32 Å². The number of carbonyl (C=O) groups excluding carboxylic acids is 1. The molecule has 0 aromatic heterocycles. The summed E-state index contributed by atoms with van der Waals surface area (Å²) >= 11 is 1.56. The molecule has 108 valence electrons. The van der Waals surface area contributed by atoms with Crippen molar-refractivity contribution in [2.75, 3.05) is 11.1 Å². The Labute approximate surface area is 120 Å². The lowest BCUT2D eigenvalue weighted by Gasteiger charge is -2.09. The van der Waals surface area contributed by atoms with Gasteiger partial charge in [-0.2, -0.15) is 0 Å². The first kappa shape index (κ1) is 14.8. The van der Waals surface area contributed by atoms with Crippen LogP contribution in [0.3, 0.4) is 0 Å². The maximum absolute atomic E-state index is 13.5. The van der Waals surface area contributed by atoms with Gasteiger partial charge in [0.15, 0.2) is 0 Å². The first-order chi connectivity index (χ1) is 9.56. The van der Waals surface area contributed by atoms with Crippen LogP contribution in [0.5, 0.6) is 0 Å². The van der Waals surface area contributed by atoms with Crippen molar-refractivity contribution in [3.05, 3.63) is 34.1 Å². The van der Waals surface area contributed by atoms with E-state index in [1.807, 2.05) is 0 Å². The van der Waals surface area contributed by atoms with Crippen LogP contribution >= 0.6 is 11.8 Å². The number of hydrogen-bond donors (Lipinski definition) is 1. The molecule has 0 unspecified atom stereocenters. The van der Waals surface area contributed by atoms with Gasteiger partial charge in [0.05, 0.1) is 16.4 Å². The van der Waals surface area contributed by atoms with Gasteiger partial charge in [0.2, 0.25) is 5.91 Å². The van der Waals surface area contributed by atoms with Gasteiger partial charge in [-0.25, -0.2) is 4.39 Å². The van der Waals surface area contributed by atoms with Crippen molar-refractivity contribution in [3.63, 3.8) is 0 Å². The number of nitrogens with zero attached hydrogens (tertiary/aromatic N) is 1. The van der Waals surface area contributed by atoms with E-state index in [1.54, 1.807) is 11.8 Å². The third kappa shape index (κ3) is 3.93. The van der Waals surface area contributed by atoms with E-state index in [4.69, 9.17) is 0 Å². The van der Waals surface area contributed by atoms with E-state index in [9.17, 15) is 19.3 Å². The molecule has 0 heterocycles. The van der Waals surface area contributed by atoms with E-state index in [0.717, 1.165) is 31.0 Å². The summed E-state index contributed by atoms with van der Waals surface area (Å²) in [7, 11) is 0. The molecule has 0 atom stereocenters. The van der Waals surface area contributed by atoms with Crippen LogP contribution in [-0.4, -0.2) is 21.8 Å². The van der Waals surface area contributed by atoms with Crippen LogP contribution in [0, 0.1) is 15.9 Å². The van der Waals surface area contributed by atoms with Gasteiger partial charge in [-0.05, 0) is 18.9 Å². The minimum Gasteiger partial charge on any atom is -0.323 e. The zero-order chi connectivity index (χ0) is 14.5. The summed E-state index contributed by atoms with van der Waals surface area (Å²) in [6.45, 7) is 0. The van der Waals surface area contributed by atoms with E-state index in [-0.39, 0.29) is 23.0 Å². The lowest BCUT2D eigenvalue weighted by Crippen LogP contribution is -2.16. The van der Waals surface area contributed by atoms with Crippen molar-refractivity contribution in [1.29, 1.82) is 0 Å². The van der Waals surface area contributed by atoms with E-state index in [1.165, 1.54) is 12.8 Å². The van der Waals surface area contributed by atoms with Crippen LogP contribution in [0.25, 0.3) is 0 Å². The molecule has 7 heteroatoms. The van der Waals surface area contributed by atoms with E-state index in [2.05, 4.69) is 5.32 Å². The number of nitro benzene ring substituents is 1. The zero-order valence-electron chi connectivity index (χ0n) is 10.8. The molecule has 1 amide bonds. The minimum atomic E-state index is -0.671. The standard InChI is InChI=1S/C13H15FN2O3S/c14-11-6-5-9(16(18)19)7-12(11)15-13(17)8-20-10-3-1-2-4-10/h5-7,10H,1-4,8H2,(H,15,17). The summed E-state index contributed by atoms with van der Waals surface area (Å²) in [5, 5.41) is 13.5. The van der Waals surface area contributed by atoms with Gasteiger partial charge in [-0.15, -0.1) is 11.8 Å². The number of non-ortho nitro benzene ring substituents is 1. The predicted molar refractivity (Wildman–Crippen MR) is 76.4 cm³/mol. The van der Waals surface area contributed by atoms with Crippen molar-refractivity contribution in [1.82, 2.24) is 0 Å². The second-order valence-electron chi connectivity index (χ2n) is 4.69. The molecule has 1 aromatic carbocycles. The van der Waals surface area contributed by atoms with Crippen LogP contribution in [-0.2, 0) is 4.79 Å². The molecule has 1 aliphatic rings. The Morgan fingerprint density at radius 2 is 2.15 bits per heavy atom.